The van der Waals surface area contributed by atoms with Crippen molar-refractivity contribution in [3.8, 4) is 0 Å². The average molecular weight is 322 g/mol. The molecule has 4 nitrogen and oxygen atoms in total. The van der Waals surface area contributed by atoms with E-state index in [-0.39, 0.29) is 16.8 Å². The molecule has 0 bridgehead atoms. The molecule has 1 N–H and O–H groups in total. The Labute approximate surface area is 121 Å². The minimum absolute atomic E-state index is 0.0326. The maximum Gasteiger partial charge on any atom is 0.262 e. The van der Waals surface area contributed by atoms with Crippen molar-refractivity contribution in [2.45, 2.75) is 44.0 Å². The molecule has 1 heterocycles. The van der Waals surface area contributed by atoms with E-state index in [1.165, 1.54) is 6.07 Å². The Kier molecular flexibility index (Phi) is 4.23. The second-order valence-corrected chi connectivity index (χ2v) is 8.62. The number of nitrogens with one attached hydrogen (secondary N) is 1. The van der Waals surface area contributed by atoms with Gasteiger partial charge in [0.25, 0.3) is 15.0 Å². The summed E-state index contributed by atoms with van der Waals surface area (Å²) in [6, 6.07) is 1.60. The van der Waals surface area contributed by atoms with Crippen LogP contribution in [-0.4, -0.2) is 20.4 Å². The monoisotopic (exact) mass is 321 g/mol. The smallest absolute Gasteiger partial charge is 0.262 e. The molecule has 1 aliphatic rings. The van der Waals surface area contributed by atoms with Gasteiger partial charge in [-0.15, -0.1) is 11.3 Å². The highest BCUT2D eigenvalue weighted by Gasteiger charge is 2.37. The molecule has 0 aromatic carbocycles. The summed E-state index contributed by atoms with van der Waals surface area (Å²) in [4.78, 5) is 13.0. The van der Waals surface area contributed by atoms with Crippen LogP contribution >= 0.6 is 22.0 Å². The zero-order chi connectivity index (χ0) is 14.2. The van der Waals surface area contributed by atoms with E-state index < -0.39 is 9.05 Å². The fraction of sp³-hybridized carbons (Fsp3) is 0.583. The predicted molar refractivity (Wildman–Crippen MR) is 76.4 cm³/mol. The summed E-state index contributed by atoms with van der Waals surface area (Å²) < 4.78 is 22.6. The molecule has 7 heteroatoms. The molecule has 0 spiro atoms. The lowest BCUT2D eigenvalue weighted by molar-refractivity contribution is 0.0953. The fourth-order valence-corrected chi connectivity index (χ4v) is 4.74. The maximum absolute atomic E-state index is 12.0. The highest BCUT2D eigenvalue weighted by atomic mass is 35.7. The van der Waals surface area contributed by atoms with E-state index in [9.17, 15) is 13.2 Å². The van der Waals surface area contributed by atoms with Gasteiger partial charge in [-0.1, -0.05) is 13.3 Å². The van der Waals surface area contributed by atoms with Crippen LogP contribution in [0.25, 0.3) is 0 Å². The summed E-state index contributed by atoms with van der Waals surface area (Å²) in [5.41, 5.74) is 0. The van der Waals surface area contributed by atoms with Gasteiger partial charge < -0.3 is 5.32 Å². The first-order chi connectivity index (χ1) is 8.82. The van der Waals surface area contributed by atoms with E-state index in [1.54, 1.807) is 6.92 Å². The first-order valence-corrected chi connectivity index (χ1v) is 9.31. The number of thiophene rings is 1. The molecule has 106 valence electrons. The molecule has 1 fully saturated rings. The average Bonchev–Trinajstić information content (AvgIpc) is 2.87. The van der Waals surface area contributed by atoms with E-state index in [1.807, 2.05) is 0 Å². The third kappa shape index (κ3) is 3.49. The van der Waals surface area contributed by atoms with Gasteiger partial charge in [-0.25, -0.2) is 8.42 Å². The number of hydrogen-bond acceptors (Lipinski definition) is 4. The topological polar surface area (TPSA) is 63.2 Å². The van der Waals surface area contributed by atoms with Crippen molar-refractivity contribution in [3.05, 3.63) is 15.8 Å². The fourth-order valence-electron chi connectivity index (χ4n) is 2.17. The summed E-state index contributed by atoms with van der Waals surface area (Å²) in [7, 11) is 1.54. The van der Waals surface area contributed by atoms with Crippen molar-refractivity contribution < 1.29 is 13.2 Å². The summed E-state index contributed by atoms with van der Waals surface area (Å²) in [5, 5.41) is 2.93. The van der Waals surface area contributed by atoms with Crippen LogP contribution in [0.5, 0.6) is 0 Å². The van der Waals surface area contributed by atoms with Crippen LogP contribution < -0.4 is 5.32 Å². The molecule has 1 aromatic rings. The van der Waals surface area contributed by atoms with Gasteiger partial charge in [0.05, 0.1) is 9.77 Å². The van der Waals surface area contributed by atoms with E-state index in [4.69, 9.17) is 10.7 Å². The van der Waals surface area contributed by atoms with Crippen molar-refractivity contribution >= 4 is 37.0 Å². The van der Waals surface area contributed by atoms with Crippen LogP contribution in [0.1, 0.15) is 40.7 Å². The lowest BCUT2D eigenvalue weighted by Gasteiger charge is -2.01. The Hall–Kier alpha value is -0.590. The molecule has 1 aromatic heterocycles. The third-order valence-corrected chi connectivity index (χ3v) is 5.88. The van der Waals surface area contributed by atoms with Crippen molar-refractivity contribution in [2.75, 3.05) is 0 Å². The first kappa shape index (κ1) is 14.8. The van der Waals surface area contributed by atoms with Gasteiger partial charge >= 0.3 is 0 Å². The molecule has 0 saturated heterocycles. The highest BCUT2D eigenvalue weighted by molar-refractivity contribution is 8.13. The van der Waals surface area contributed by atoms with Crippen LogP contribution in [0.15, 0.2) is 11.0 Å². The van der Waals surface area contributed by atoms with Gasteiger partial charge in [-0.3, -0.25) is 4.79 Å². The number of hydrogen-bond donors (Lipinski definition) is 1. The van der Waals surface area contributed by atoms with Gasteiger partial charge in [-0.05, 0) is 31.7 Å². The van der Waals surface area contributed by atoms with Gasteiger partial charge in [-0.2, -0.15) is 0 Å². The molecule has 2 unspecified atom stereocenters. The Morgan fingerprint density at radius 3 is 2.79 bits per heavy atom. The van der Waals surface area contributed by atoms with Crippen molar-refractivity contribution in [1.82, 2.24) is 5.32 Å². The molecule has 1 saturated carbocycles. The van der Waals surface area contributed by atoms with E-state index in [2.05, 4.69) is 12.2 Å². The van der Waals surface area contributed by atoms with Crippen molar-refractivity contribution in [1.29, 1.82) is 0 Å². The molecule has 2 rings (SSSR count). The highest BCUT2D eigenvalue weighted by Crippen LogP contribution is 2.35. The van der Waals surface area contributed by atoms with Gasteiger partial charge in [0.15, 0.2) is 0 Å². The molecule has 2 atom stereocenters. The van der Waals surface area contributed by atoms with Crippen LogP contribution in [0.2, 0.25) is 0 Å². The molecule has 0 radical (unpaired) electrons. The second-order valence-electron chi connectivity index (χ2n) is 4.83. The van der Waals surface area contributed by atoms with Crippen molar-refractivity contribution in [2.24, 2.45) is 5.92 Å². The minimum Gasteiger partial charge on any atom is -0.348 e. The lowest BCUT2D eigenvalue weighted by Crippen LogP contribution is -2.26. The summed E-state index contributed by atoms with van der Waals surface area (Å²) in [5.74, 6) is 0.370. The Morgan fingerprint density at radius 1 is 1.58 bits per heavy atom. The molecule has 1 amide bonds. The van der Waals surface area contributed by atoms with Crippen LogP contribution in [0, 0.1) is 12.8 Å². The molecule has 19 heavy (non-hydrogen) atoms. The Morgan fingerprint density at radius 2 is 2.26 bits per heavy atom. The van der Waals surface area contributed by atoms with E-state index in [0.717, 1.165) is 30.6 Å². The summed E-state index contributed by atoms with van der Waals surface area (Å²) in [6.45, 7) is 3.77. The molecule has 1 aliphatic carbocycles. The number of carbonyl (C=O) groups is 1. The number of amides is 1. The molecular weight excluding hydrogens is 306 g/mol. The van der Waals surface area contributed by atoms with Gasteiger partial charge in [0.1, 0.15) is 0 Å². The Bertz CT molecular complexity index is 594. The zero-order valence-corrected chi connectivity index (χ0v) is 13.2. The van der Waals surface area contributed by atoms with Crippen LogP contribution in [0.3, 0.4) is 0 Å². The normalized spacial score (nSPS) is 22.3. The zero-order valence-electron chi connectivity index (χ0n) is 10.8. The van der Waals surface area contributed by atoms with Crippen LogP contribution in [-0.2, 0) is 9.05 Å². The van der Waals surface area contributed by atoms with E-state index in [0.29, 0.717) is 15.7 Å². The van der Waals surface area contributed by atoms with Gasteiger partial charge in [0.2, 0.25) is 0 Å². The van der Waals surface area contributed by atoms with Crippen molar-refractivity contribution in [3.63, 3.8) is 0 Å². The van der Waals surface area contributed by atoms with E-state index >= 15 is 0 Å². The number of carbonyl (C=O) groups excluding carboxylic acids is 1. The second kappa shape index (κ2) is 5.42. The standard InChI is InChI=1S/C12H16ClNO3S2/c1-3-4-8-5-9(8)14-12(15)10-6-11(7(2)18-10)19(13,16)17/h6,8-9H,3-5H2,1-2H3,(H,14,15). The SMILES string of the molecule is CCCC1CC1NC(=O)c1cc(S(=O)(=O)Cl)c(C)s1. The molecule has 0 aliphatic heterocycles. The number of rotatable bonds is 5. The summed E-state index contributed by atoms with van der Waals surface area (Å²) in [6.07, 6.45) is 3.25. The summed E-state index contributed by atoms with van der Waals surface area (Å²) >= 11 is 1.16. The third-order valence-electron chi connectivity index (χ3n) is 3.26. The number of aryl methyl sites for hydroxylation is 1. The molecular formula is C12H16ClNO3S2. The maximum atomic E-state index is 12.0. The lowest BCUT2D eigenvalue weighted by atomic mass is 10.2. The Balaban J connectivity index is 2.05. The van der Waals surface area contributed by atoms with Crippen LogP contribution in [0.4, 0.5) is 0 Å². The minimum atomic E-state index is -3.78. The van der Waals surface area contributed by atoms with Gasteiger partial charge in [0, 0.05) is 21.6 Å². The first-order valence-electron chi connectivity index (χ1n) is 6.19. The largest absolute Gasteiger partial charge is 0.348 e. The predicted octanol–water partition coefficient (Wildman–Crippen LogP) is 2.90. The quantitative estimate of drug-likeness (QED) is 0.848. The number of halogens is 1.